The maximum Gasteiger partial charge on any atom is 0.354 e. The number of carboxylic acid groups (broad SMARTS) is 1. The van der Waals surface area contributed by atoms with Crippen LogP contribution in [-0.4, -0.2) is 21.0 Å². The van der Waals surface area contributed by atoms with Crippen LogP contribution in [0.4, 0.5) is 0 Å². The Hall–Kier alpha value is -1.95. The van der Waals surface area contributed by atoms with Gasteiger partial charge in [0.1, 0.15) is 18.1 Å². The van der Waals surface area contributed by atoms with Crippen molar-refractivity contribution in [1.29, 1.82) is 0 Å². The molecule has 2 aromatic rings. The molecule has 2 aromatic heterocycles. The summed E-state index contributed by atoms with van der Waals surface area (Å²) in [6.45, 7) is 0.348. The highest BCUT2D eigenvalue weighted by molar-refractivity contribution is 9.10. The number of aromatic carboxylic acids is 1. The number of carbonyl (C=O) groups is 1. The molecule has 0 aliphatic rings. The normalized spacial score (nSPS) is 10.1. The second kappa shape index (κ2) is 5.59. The fourth-order valence-electron chi connectivity index (χ4n) is 1.29. The lowest BCUT2D eigenvalue weighted by molar-refractivity contribution is 0.0690. The van der Waals surface area contributed by atoms with Crippen molar-refractivity contribution in [1.82, 2.24) is 9.97 Å². The van der Waals surface area contributed by atoms with Crippen LogP contribution in [0.25, 0.3) is 0 Å². The first-order valence-corrected chi connectivity index (χ1v) is 5.86. The summed E-state index contributed by atoms with van der Waals surface area (Å²) in [6.07, 6.45) is 4.77. The minimum Gasteiger partial charge on any atom is -0.487 e. The molecule has 1 N–H and O–H groups in total. The van der Waals surface area contributed by atoms with Gasteiger partial charge >= 0.3 is 5.97 Å². The van der Waals surface area contributed by atoms with E-state index in [0.717, 1.165) is 10.0 Å². The van der Waals surface area contributed by atoms with Crippen LogP contribution in [0.3, 0.4) is 0 Å². The van der Waals surface area contributed by atoms with Crippen molar-refractivity contribution in [2.45, 2.75) is 6.61 Å². The van der Waals surface area contributed by atoms with Gasteiger partial charge in [-0.3, -0.25) is 4.98 Å². The maximum atomic E-state index is 10.6. The molecule has 0 radical (unpaired) electrons. The largest absolute Gasteiger partial charge is 0.487 e. The number of pyridine rings is 2. The molecule has 18 heavy (non-hydrogen) atoms. The molecule has 0 aromatic carbocycles. The third kappa shape index (κ3) is 3.27. The van der Waals surface area contributed by atoms with Crippen LogP contribution in [0.15, 0.2) is 41.3 Å². The molecule has 0 aliphatic heterocycles. The van der Waals surface area contributed by atoms with E-state index in [4.69, 9.17) is 9.84 Å². The van der Waals surface area contributed by atoms with Crippen molar-refractivity contribution in [3.63, 3.8) is 0 Å². The van der Waals surface area contributed by atoms with E-state index in [-0.39, 0.29) is 5.69 Å². The van der Waals surface area contributed by atoms with Crippen LogP contribution in [-0.2, 0) is 6.61 Å². The van der Waals surface area contributed by atoms with Gasteiger partial charge in [-0.2, -0.15) is 0 Å². The Morgan fingerprint density at radius 2 is 2.17 bits per heavy atom. The summed E-state index contributed by atoms with van der Waals surface area (Å²) in [5.74, 6) is -0.544. The van der Waals surface area contributed by atoms with Crippen molar-refractivity contribution in [2.75, 3.05) is 0 Å². The van der Waals surface area contributed by atoms with Gasteiger partial charge in [0.25, 0.3) is 0 Å². The van der Waals surface area contributed by atoms with Gasteiger partial charge in [-0.15, -0.1) is 0 Å². The van der Waals surface area contributed by atoms with Crippen molar-refractivity contribution in [2.24, 2.45) is 0 Å². The first kappa shape index (κ1) is 12.5. The molecule has 0 saturated carbocycles. The van der Waals surface area contributed by atoms with E-state index in [1.165, 1.54) is 12.3 Å². The fraction of sp³-hybridized carbons (Fsp3) is 0.0833. The number of hydrogen-bond acceptors (Lipinski definition) is 4. The van der Waals surface area contributed by atoms with E-state index in [1.807, 2.05) is 6.07 Å². The topological polar surface area (TPSA) is 72.3 Å². The Kier molecular flexibility index (Phi) is 3.88. The molecule has 0 atom stereocenters. The molecule has 0 aliphatic carbocycles. The van der Waals surface area contributed by atoms with Gasteiger partial charge < -0.3 is 9.84 Å². The summed E-state index contributed by atoms with van der Waals surface area (Å²) in [6, 6.07) is 4.87. The molecule has 0 fully saturated rings. The first-order valence-electron chi connectivity index (χ1n) is 5.07. The van der Waals surface area contributed by atoms with Crippen molar-refractivity contribution in [3.8, 4) is 5.75 Å². The molecule has 2 rings (SSSR count). The van der Waals surface area contributed by atoms with E-state index in [1.54, 1.807) is 18.5 Å². The quantitative estimate of drug-likeness (QED) is 0.939. The van der Waals surface area contributed by atoms with Crippen molar-refractivity contribution < 1.29 is 14.6 Å². The third-order valence-electron chi connectivity index (χ3n) is 2.12. The maximum absolute atomic E-state index is 10.6. The van der Waals surface area contributed by atoms with Gasteiger partial charge in [-0.25, -0.2) is 9.78 Å². The van der Waals surface area contributed by atoms with Crippen LogP contribution in [0, 0.1) is 0 Å². The number of halogens is 1. The predicted octanol–water partition coefficient (Wildman–Crippen LogP) is 2.52. The summed E-state index contributed by atoms with van der Waals surface area (Å²) in [5, 5.41) is 8.70. The molecule has 6 heteroatoms. The van der Waals surface area contributed by atoms with Gasteiger partial charge in [0.15, 0.2) is 0 Å². The van der Waals surface area contributed by atoms with Gasteiger partial charge in [0.2, 0.25) is 0 Å². The first-order chi connectivity index (χ1) is 8.65. The lowest BCUT2D eigenvalue weighted by Crippen LogP contribution is -2.01. The number of ether oxygens (including phenoxy) is 1. The molecule has 5 nitrogen and oxygen atoms in total. The number of hydrogen-bond donors (Lipinski definition) is 1. The molecule has 92 valence electrons. The zero-order chi connectivity index (χ0) is 13.0. The zero-order valence-electron chi connectivity index (χ0n) is 9.21. The van der Waals surface area contributed by atoms with E-state index in [9.17, 15) is 4.79 Å². The van der Waals surface area contributed by atoms with Gasteiger partial charge in [0.05, 0.1) is 6.20 Å². The van der Waals surface area contributed by atoms with E-state index >= 15 is 0 Å². The average Bonchev–Trinajstić information content (AvgIpc) is 2.37. The Balaban J connectivity index is 2.00. The Morgan fingerprint density at radius 3 is 2.78 bits per heavy atom. The lowest BCUT2D eigenvalue weighted by Gasteiger charge is -2.05. The van der Waals surface area contributed by atoms with Crippen molar-refractivity contribution in [3.05, 3.63) is 52.5 Å². The fourth-order valence-corrected chi connectivity index (χ4v) is 1.71. The molecule has 0 amide bonds. The minimum absolute atomic E-state index is 0.00790. The molecular weight excluding hydrogens is 300 g/mol. The molecule has 0 bridgehead atoms. The number of aromatic nitrogens is 2. The van der Waals surface area contributed by atoms with Gasteiger partial charge in [-0.1, -0.05) is 0 Å². The molecular formula is C12H9BrN2O3. The van der Waals surface area contributed by atoms with Crippen LogP contribution < -0.4 is 4.74 Å². The van der Waals surface area contributed by atoms with Crippen LogP contribution in [0.2, 0.25) is 0 Å². The Bertz CT molecular complexity index is 558. The van der Waals surface area contributed by atoms with Gasteiger partial charge in [-0.05, 0) is 34.1 Å². The summed E-state index contributed by atoms with van der Waals surface area (Å²) < 4.78 is 6.34. The van der Waals surface area contributed by atoms with Crippen molar-refractivity contribution >= 4 is 21.9 Å². The zero-order valence-corrected chi connectivity index (χ0v) is 10.8. The smallest absolute Gasteiger partial charge is 0.354 e. The number of rotatable bonds is 4. The monoisotopic (exact) mass is 308 g/mol. The average molecular weight is 309 g/mol. The molecule has 0 spiro atoms. The summed E-state index contributed by atoms with van der Waals surface area (Å²) in [4.78, 5) is 18.4. The predicted molar refractivity (Wildman–Crippen MR) is 67.5 cm³/mol. The van der Waals surface area contributed by atoms with Crippen LogP contribution in [0.5, 0.6) is 5.75 Å². The highest BCUT2D eigenvalue weighted by Crippen LogP contribution is 2.14. The summed E-state index contributed by atoms with van der Waals surface area (Å²) in [7, 11) is 0. The van der Waals surface area contributed by atoms with E-state index in [2.05, 4.69) is 25.9 Å². The third-order valence-corrected chi connectivity index (χ3v) is 2.56. The molecule has 0 saturated heterocycles. The SMILES string of the molecule is O=C(O)c1ccc(OCc2cncc(Br)c2)cn1. The standard InChI is InChI=1S/C12H9BrN2O3/c13-9-3-8(4-14-5-9)7-18-10-1-2-11(12(16)17)15-6-10/h1-6H,7H2,(H,16,17). The van der Waals surface area contributed by atoms with E-state index < -0.39 is 5.97 Å². The minimum atomic E-state index is -1.06. The Morgan fingerprint density at radius 1 is 1.33 bits per heavy atom. The Labute approximate surface area is 112 Å². The second-order valence-electron chi connectivity index (χ2n) is 3.48. The molecule has 2 heterocycles. The lowest BCUT2D eigenvalue weighted by atomic mass is 10.3. The molecule has 0 unspecified atom stereocenters. The second-order valence-corrected chi connectivity index (χ2v) is 4.40. The number of carboxylic acids is 1. The summed E-state index contributed by atoms with van der Waals surface area (Å²) >= 11 is 3.32. The highest BCUT2D eigenvalue weighted by Gasteiger charge is 2.04. The van der Waals surface area contributed by atoms with Gasteiger partial charge in [0, 0.05) is 22.4 Å². The van der Waals surface area contributed by atoms with Crippen LogP contribution >= 0.6 is 15.9 Å². The number of nitrogens with zero attached hydrogens (tertiary/aromatic N) is 2. The van der Waals surface area contributed by atoms with E-state index in [0.29, 0.717) is 12.4 Å². The highest BCUT2D eigenvalue weighted by atomic mass is 79.9. The van der Waals surface area contributed by atoms with Crippen LogP contribution in [0.1, 0.15) is 16.1 Å². The summed E-state index contributed by atoms with van der Waals surface area (Å²) in [5.41, 5.74) is 0.901.